The second kappa shape index (κ2) is 5.09. The van der Waals surface area contributed by atoms with Gasteiger partial charge < -0.3 is 15.4 Å². The molecule has 1 heterocycles. The third-order valence-corrected chi connectivity index (χ3v) is 3.03. The molecule has 2 aromatic rings. The van der Waals surface area contributed by atoms with Gasteiger partial charge >= 0.3 is 0 Å². The van der Waals surface area contributed by atoms with Crippen LogP contribution in [0, 0.1) is 0 Å². The molecule has 0 bridgehead atoms. The molecule has 0 radical (unpaired) electrons. The molecule has 0 aliphatic carbocycles. The Labute approximate surface area is 103 Å². The third kappa shape index (κ3) is 2.71. The molecule has 5 nitrogen and oxygen atoms in total. The number of nitrogen functional groups attached to an aromatic ring is 1. The number of thioether (sulfide) groups is 1. The standard InChI is InChI=1S/C11H13N3O2S/c1-2-17-6-10-13-11(16-14-10)8-4-3-7(12)5-9(8)15/h3-5,15H,2,6,12H2,1H3. The lowest BCUT2D eigenvalue weighted by Crippen LogP contribution is -1.87. The van der Waals surface area contributed by atoms with E-state index in [0.717, 1.165) is 5.75 Å². The summed E-state index contributed by atoms with van der Waals surface area (Å²) in [6.45, 7) is 2.07. The highest BCUT2D eigenvalue weighted by Gasteiger charge is 2.12. The summed E-state index contributed by atoms with van der Waals surface area (Å²) in [5.41, 5.74) is 6.54. The van der Waals surface area contributed by atoms with E-state index in [1.165, 1.54) is 6.07 Å². The Balaban J connectivity index is 2.24. The number of aromatic nitrogens is 2. The van der Waals surface area contributed by atoms with Crippen LogP contribution in [0.2, 0.25) is 0 Å². The first-order valence-electron chi connectivity index (χ1n) is 5.20. The van der Waals surface area contributed by atoms with Crippen LogP contribution in [0.5, 0.6) is 5.75 Å². The fourth-order valence-electron chi connectivity index (χ4n) is 1.34. The first kappa shape index (κ1) is 11.8. The Bertz CT molecular complexity index is 513. The van der Waals surface area contributed by atoms with Gasteiger partial charge in [-0.2, -0.15) is 16.7 Å². The van der Waals surface area contributed by atoms with Gasteiger partial charge in [-0.3, -0.25) is 0 Å². The minimum atomic E-state index is 0.0448. The maximum absolute atomic E-state index is 9.72. The van der Waals surface area contributed by atoms with E-state index in [-0.39, 0.29) is 5.75 Å². The summed E-state index contributed by atoms with van der Waals surface area (Å²) in [4.78, 5) is 4.21. The maximum atomic E-state index is 9.72. The molecule has 0 saturated carbocycles. The Morgan fingerprint density at radius 1 is 1.47 bits per heavy atom. The lowest BCUT2D eigenvalue weighted by Gasteiger charge is -1.99. The second-order valence-corrected chi connectivity index (χ2v) is 4.70. The second-order valence-electron chi connectivity index (χ2n) is 3.43. The van der Waals surface area contributed by atoms with E-state index in [1.807, 2.05) is 0 Å². The van der Waals surface area contributed by atoms with Crippen molar-refractivity contribution in [2.45, 2.75) is 12.7 Å². The first-order chi connectivity index (χ1) is 8.20. The van der Waals surface area contributed by atoms with Crippen molar-refractivity contribution in [1.82, 2.24) is 10.1 Å². The highest BCUT2D eigenvalue weighted by molar-refractivity contribution is 7.98. The van der Waals surface area contributed by atoms with Crippen molar-refractivity contribution in [3.63, 3.8) is 0 Å². The molecule has 0 unspecified atom stereocenters. The molecule has 90 valence electrons. The van der Waals surface area contributed by atoms with E-state index in [2.05, 4.69) is 17.1 Å². The molecule has 1 aromatic heterocycles. The van der Waals surface area contributed by atoms with Gasteiger partial charge in [0, 0.05) is 11.8 Å². The Hall–Kier alpha value is -1.69. The van der Waals surface area contributed by atoms with E-state index in [0.29, 0.717) is 28.7 Å². The number of phenols is 1. The van der Waals surface area contributed by atoms with Crippen molar-refractivity contribution >= 4 is 17.4 Å². The summed E-state index contributed by atoms with van der Waals surface area (Å²) < 4.78 is 5.09. The molecule has 17 heavy (non-hydrogen) atoms. The van der Waals surface area contributed by atoms with Gasteiger partial charge in [0.2, 0.25) is 0 Å². The van der Waals surface area contributed by atoms with Gasteiger partial charge in [-0.05, 0) is 17.9 Å². The number of nitrogens with two attached hydrogens (primary N) is 1. The summed E-state index contributed by atoms with van der Waals surface area (Å²) >= 11 is 1.71. The average molecular weight is 251 g/mol. The Morgan fingerprint density at radius 3 is 3.00 bits per heavy atom. The van der Waals surface area contributed by atoms with Crippen LogP contribution in [0.15, 0.2) is 22.7 Å². The van der Waals surface area contributed by atoms with Gasteiger partial charge in [0.05, 0.1) is 11.3 Å². The van der Waals surface area contributed by atoms with Gasteiger partial charge in [-0.15, -0.1) is 0 Å². The molecular formula is C11H13N3O2S. The van der Waals surface area contributed by atoms with Crippen LogP contribution in [0.1, 0.15) is 12.7 Å². The summed E-state index contributed by atoms with van der Waals surface area (Å²) in [7, 11) is 0. The number of aromatic hydroxyl groups is 1. The van der Waals surface area contributed by atoms with E-state index in [1.54, 1.807) is 23.9 Å². The van der Waals surface area contributed by atoms with Gasteiger partial charge in [-0.1, -0.05) is 12.1 Å². The van der Waals surface area contributed by atoms with Crippen LogP contribution in [-0.4, -0.2) is 21.0 Å². The summed E-state index contributed by atoms with van der Waals surface area (Å²) in [6.07, 6.45) is 0. The topological polar surface area (TPSA) is 85.2 Å². The molecule has 0 spiro atoms. The van der Waals surface area contributed by atoms with Gasteiger partial charge in [0.1, 0.15) is 5.75 Å². The van der Waals surface area contributed by atoms with Crippen molar-refractivity contribution < 1.29 is 9.63 Å². The molecule has 3 N–H and O–H groups in total. The molecule has 0 fully saturated rings. The van der Waals surface area contributed by atoms with Crippen LogP contribution >= 0.6 is 11.8 Å². The molecule has 1 aromatic carbocycles. The summed E-state index contributed by atoms with van der Waals surface area (Å²) in [5, 5.41) is 13.6. The highest BCUT2D eigenvalue weighted by Crippen LogP contribution is 2.29. The molecular weight excluding hydrogens is 238 g/mol. The minimum absolute atomic E-state index is 0.0448. The predicted molar refractivity (Wildman–Crippen MR) is 67.6 cm³/mol. The molecule has 0 saturated heterocycles. The molecule has 6 heteroatoms. The van der Waals surface area contributed by atoms with Crippen molar-refractivity contribution in [1.29, 1.82) is 0 Å². The molecule has 0 aliphatic heterocycles. The SMILES string of the molecule is CCSCc1noc(-c2ccc(N)cc2O)n1. The van der Waals surface area contributed by atoms with Gasteiger partial charge in [-0.25, -0.2) is 0 Å². The van der Waals surface area contributed by atoms with Crippen LogP contribution in [-0.2, 0) is 5.75 Å². The van der Waals surface area contributed by atoms with Crippen LogP contribution in [0.3, 0.4) is 0 Å². The van der Waals surface area contributed by atoms with E-state index < -0.39 is 0 Å². The number of benzene rings is 1. The highest BCUT2D eigenvalue weighted by atomic mass is 32.2. The number of nitrogens with zero attached hydrogens (tertiary/aromatic N) is 2. The predicted octanol–water partition coefficient (Wildman–Crippen LogP) is 2.28. The number of rotatable bonds is 4. The lowest BCUT2D eigenvalue weighted by atomic mass is 10.2. The van der Waals surface area contributed by atoms with Crippen LogP contribution in [0.4, 0.5) is 5.69 Å². The monoisotopic (exact) mass is 251 g/mol. The smallest absolute Gasteiger partial charge is 0.261 e. The first-order valence-corrected chi connectivity index (χ1v) is 6.35. The fraction of sp³-hybridized carbons (Fsp3) is 0.273. The maximum Gasteiger partial charge on any atom is 0.261 e. The lowest BCUT2D eigenvalue weighted by molar-refractivity contribution is 0.419. The van der Waals surface area contributed by atoms with E-state index in [9.17, 15) is 5.11 Å². The van der Waals surface area contributed by atoms with E-state index in [4.69, 9.17) is 10.3 Å². The summed E-state index contributed by atoms with van der Waals surface area (Å²) in [5.74, 6) is 2.69. The average Bonchev–Trinajstić information content (AvgIpc) is 2.75. The third-order valence-electron chi connectivity index (χ3n) is 2.16. The molecule has 2 rings (SSSR count). The fourth-order valence-corrected chi connectivity index (χ4v) is 1.85. The van der Waals surface area contributed by atoms with Crippen molar-refractivity contribution in [2.24, 2.45) is 0 Å². The molecule has 0 amide bonds. The van der Waals surface area contributed by atoms with Crippen molar-refractivity contribution in [3.8, 4) is 17.2 Å². The zero-order chi connectivity index (χ0) is 12.3. The van der Waals surface area contributed by atoms with Crippen LogP contribution < -0.4 is 5.73 Å². The van der Waals surface area contributed by atoms with E-state index >= 15 is 0 Å². The normalized spacial score (nSPS) is 10.6. The van der Waals surface area contributed by atoms with Gasteiger partial charge in [0.15, 0.2) is 5.82 Å². The number of phenolic OH excluding ortho intramolecular Hbond substituents is 1. The van der Waals surface area contributed by atoms with Crippen molar-refractivity contribution in [2.75, 3.05) is 11.5 Å². The number of hydrogen-bond acceptors (Lipinski definition) is 6. The number of anilines is 1. The Morgan fingerprint density at radius 2 is 2.29 bits per heavy atom. The van der Waals surface area contributed by atoms with Crippen molar-refractivity contribution in [3.05, 3.63) is 24.0 Å². The zero-order valence-corrected chi connectivity index (χ0v) is 10.2. The Kier molecular flexibility index (Phi) is 3.53. The minimum Gasteiger partial charge on any atom is -0.507 e. The zero-order valence-electron chi connectivity index (χ0n) is 9.38. The summed E-state index contributed by atoms with van der Waals surface area (Å²) in [6, 6.07) is 4.80. The quantitative estimate of drug-likeness (QED) is 0.811. The largest absolute Gasteiger partial charge is 0.507 e. The molecule has 0 aliphatic rings. The van der Waals surface area contributed by atoms with Crippen LogP contribution in [0.25, 0.3) is 11.5 Å². The molecule has 0 atom stereocenters. The number of hydrogen-bond donors (Lipinski definition) is 2. The van der Waals surface area contributed by atoms with Gasteiger partial charge in [0.25, 0.3) is 5.89 Å².